The number of nitrogens with two attached hydrogens (primary N) is 1. The Kier molecular flexibility index (Phi) is 5.05. The van der Waals surface area contributed by atoms with Crippen molar-refractivity contribution in [1.29, 1.82) is 0 Å². The number of rotatable bonds is 5. The molecule has 0 radical (unpaired) electrons. The number of carbonyl (C=O) groups excluding carboxylic acids is 2. The van der Waals surface area contributed by atoms with Gasteiger partial charge in [-0.05, 0) is 24.3 Å². The van der Waals surface area contributed by atoms with E-state index in [0.717, 1.165) is 40.4 Å². The maximum atomic E-state index is 13.1. The number of aromatic nitrogens is 3. The van der Waals surface area contributed by atoms with Crippen LogP contribution in [-0.2, 0) is 18.4 Å². The van der Waals surface area contributed by atoms with Gasteiger partial charge in [0.15, 0.2) is 5.69 Å². The monoisotopic (exact) mass is 431 g/mol. The first-order chi connectivity index (χ1) is 15.5. The fourth-order valence-electron chi connectivity index (χ4n) is 4.48. The Morgan fingerprint density at radius 1 is 1.03 bits per heavy atom. The van der Waals surface area contributed by atoms with Crippen LogP contribution < -0.4 is 10.5 Å². The molecule has 32 heavy (non-hydrogen) atoms. The number of hydrogen-bond acceptors (Lipinski definition) is 4. The first kappa shape index (κ1) is 20.1. The number of nitrogens with zero attached hydrogens (tertiary/aromatic N) is 4. The number of amides is 2. The minimum atomic E-state index is -0.383. The Bertz CT molecular complexity index is 1310. The number of ether oxygens (including phenoxy) is 1. The van der Waals surface area contributed by atoms with Crippen molar-refractivity contribution in [3.05, 3.63) is 60.4 Å². The van der Waals surface area contributed by atoms with Gasteiger partial charge in [0, 0.05) is 49.9 Å². The number of fused-ring (bicyclic) bond motifs is 2. The molecule has 0 atom stereocenters. The summed E-state index contributed by atoms with van der Waals surface area (Å²) in [6.07, 6.45) is 3.36. The predicted octanol–water partition coefficient (Wildman–Crippen LogP) is 2.70. The van der Waals surface area contributed by atoms with Crippen LogP contribution in [0.5, 0.6) is 5.75 Å². The lowest BCUT2D eigenvalue weighted by Gasteiger charge is -2.32. The number of benzene rings is 2. The van der Waals surface area contributed by atoms with E-state index in [1.54, 1.807) is 4.68 Å². The van der Waals surface area contributed by atoms with Crippen molar-refractivity contribution in [2.45, 2.75) is 25.5 Å². The molecule has 8 nitrogen and oxygen atoms in total. The van der Waals surface area contributed by atoms with Crippen LogP contribution in [0.25, 0.3) is 21.8 Å². The number of piperidine rings is 1. The summed E-state index contributed by atoms with van der Waals surface area (Å²) >= 11 is 0. The van der Waals surface area contributed by atoms with Gasteiger partial charge in [-0.3, -0.25) is 14.3 Å². The molecule has 0 saturated carbocycles. The first-order valence-corrected chi connectivity index (χ1v) is 10.7. The lowest BCUT2D eigenvalue weighted by atomic mass is 10.1. The molecule has 2 N–H and O–H groups in total. The van der Waals surface area contributed by atoms with Gasteiger partial charge in [0.2, 0.25) is 5.91 Å². The Labute approximate surface area is 185 Å². The van der Waals surface area contributed by atoms with Gasteiger partial charge in [-0.15, -0.1) is 0 Å². The second-order valence-electron chi connectivity index (χ2n) is 8.20. The van der Waals surface area contributed by atoms with E-state index in [1.807, 2.05) is 71.2 Å². The molecule has 3 heterocycles. The summed E-state index contributed by atoms with van der Waals surface area (Å²) in [5, 5.41) is 6.30. The van der Waals surface area contributed by atoms with Crippen LogP contribution in [0.15, 0.2) is 54.7 Å². The van der Waals surface area contributed by atoms with Gasteiger partial charge in [-0.2, -0.15) is 5.10 Å². The van der Waals surface area contributed by atoms with Gasteiger partial charge in [-0.1, -0.05) is 24.3 Å². The molecule has 1 aliphatic rings. The van der Waals surface area contributed by atoms with Crippen molar-refractivity contribution in [2.75, 3.05) is 13.1 Å². The zero-order chi connectivity index (χ0) is 22.2. The molecule has 8 heteroatoms. The lowest BCUT2D eigenvalue weighted by molar-refractivity contribution is -0.118. The van der Waals surface area contributed by atoms with Crippen LogP contribution in [0, 0.1) is 0 Å². The van der Waals surface area contributed by atoms with Crippen LogP contribution >= 0.6 is 0 Å². The van der Waals surface area contributed by atoms with Crippen molar-refractivity contribution >= 4 is 33.6 Å². The van der Waals surface area contributed by atoms with E-state index in [9.17, 15) is 9.59 Å². The van der Waals surface area contributed by atoms with Gasteiger partial charge in [0.05, 0.1) is 11.0 Å². The largest absolute Gasteiger partial charge is 0.490 e. The Morgan fingerprint density at radius 2 is 1.78 bits per heavy atom. The quantitative estimate of drug-likeness (QED) is 0.526. The molecule has 1 fully saturated rings. The van der Waals surface area contributed by atoms with E-state index in [4.69, 9.17) is 10.5 Å². The smallest absolute Gasteiger partial charge is 0.275 e. The number of para-hydroxylation sites is 1. The third-order valence-electron chi connectivity index (χ3n) is 6.08. The molecule has 0 spiro atoms. The number of likely N-dealkylation sites (tertiary alicyclic amines) is 1. The molecular weight excluding hydrogens is 406 g/mol. The average molecular weight is 431 g/mol. The van der Waals surface area contributed by atoms with Crippen molar-refractivity contribution in [3.8, 4) is 5.75 Å². The number of carbonyl (C=O) groups is 2. The van der Waals surface area contributed by atoms with Crippen molar-refractivity contribution in [1.82, 2.24) is 19.2 Å². The molecule has 4 aromatic rings. The molecule has 5 rings (SSSR count). The highest BCUT2D eigenvalue weighted by Crippen LogP contribution is 2.29. The highest BCUT2D eigenvalue weighted by atomic mass is 16.5. The molecule has 0 bridgehead atoms. The Hall–Kier alpha value is -3.81. The molecule has 2 amide bonds. The van der Waals surface area contributed by atoms with E-state index >= 15 is 0 Å². The second kappa shape index (κ2) is 8.03. The summed E-state index contributed by atoms with van der Waals surface area (Å²) in [7, 11) is 1.86. The molecule has 2 aromatic heterocycles. The maximum Gasteiger partial charge on any atom is 0.275 e. The number of primary amides is 1. The van der Waals surface area contributed by atoms with Crippen LogP contribution in [0.2, 0.25) is 0 Å². The zero-order valence-electron chi connectivity index (χ0n) is 17.9. The van der Waals surface area contributed by atoms with Gasteiger partial charge in [0.1, 0.15) is 18.4 Å². The fourth-order valence-corrected chi connectivity index (χ4v) is 4.48. The van der Waals surface area contributed by atoms with E-state index in [1.165, 1.54) is 0 Å². The van der Waals surface area contributed by atoms with E-state index in [-0.39, 0.29) is 24.5 Å². The van der Waals surface area contributed by atoms with E-state index in [2.05, 4.69) is 5.10 Å². The summed E-state index contributed by atoms with van der Waals surface area (Å²) in [5.74, 6) is 0.364. The summed E-state index contributed by atoms with van der Waals surface area (Å²) in [6, 6.07) is 15.5. The molecule has 164 valence electrons. The molecule has 0 aliphatic carbocycles. The summed E-state index contributed by atoms with van der Waals surface area (Å²) in [6.45, 7) is 1.37. The van der Waals surface area contributed by atoms with Gasteiger partial charge < -0.3 is 19.9 Å². The minimum Gasteiger partial charge on any atom is -0.490 e. The van der Waals surface area contributed by atoms with Gasteiger partial charge in [-0.25, -0.2) is 0 Å². The third-order valence-corrected chi connectivity index (χ3v) is 6.08. The molecule has 2 aromatic carbocycles. The molecular formula is C24H25N5O3. The topological polar surface area (TPSA) is 95.4 Å². The highest BCUT2D eigenvalue weighted by Gasteiger charge is 2.28. The average Bonchev–Trinajstić information content (AvgIpc) is 3.35. The molecule has 1 saturated heterocycles. The molecule has 0 unspecified atom stereocenters. The van der Waals surface area contributed by atoms with E-state index in [0.29, 0.717) is 18.8 Å². The Morgan fingerprint density at radius 3 is 2.56 bits per heavy atom. The van der Waals surface area contributed by atoms with Crippen molar-refractivity contribution < 1.29 is 14.3 Å². The second-order valence-corrected chi connectivity index (χ2v) is 8.20. The van der Waals surface area contributed by atoms with Crippen LogP contribution in [-0.4, -0.2) is 50.3 Å². The fraction of sp³-hybridized carbons (Fsp3) is 0.292. The standard InChI is InChI=1S/C24H25N5O3/c1-27-19-6-3-2-5-18(19)23(26-27)24(31)28-12-9-16(10-13-28)32-21-8-4-7-20-17(21)11-14-29(20)15-22(25)30/h2-8,11,14,16H,9-10,12-13,15H2,1H3,(H2,25,30). The minimum absolute atomic E-state index is 0.0182. The summed E-state index contributed by atoms with van der Waals surface area (Å²) in [5.41, 5.74) is 7.71. The molecule has 1 aliphatic heterocycles. The first-order valence-electron chi connectivity index (χ1n) is 10.7. The van der Waals surface area contributed by atoms with Gasteiger partial charge in [0.25, 0.3) is 5.91 Å². The van der Waals surface area contributed by atoms with E-state index < -0.39 is 0 Å². The van der Waals surface area contributed by atoms with Crippen LogP contribution in [0.1, 0.15) is 23.3 Å². The predicted molar refractivity (Wildman–Crippen MR) is 121 cm³/mol. The third kappa shape index (κ3) is 3.57. The van der Waals surface area contributed by atoms with Gasteiger partial charge >= 0.3 is 0 Å². The zero-order valence-corrected chi connectivity index (χ0v) is 17.9. The van der Waals surface area contributed by atoms with Crippen molar-refractivity contribution in [2.24, 2.45) is 12.8 Å². The van der Waals surface area contributed by atoms with Crippen LogP contribution in [0.3, 0.4) is 0 Å². The summed E-state index contributed by atoms with van der Waals surface area (Å²) in [4.78, 5) is 26.3. The SMILES string of the molecule is Cn1nc(C(=O)N2CCC(Oc3cccc4c3ccn4CC(N)=O)CC2)c2ccccc21. The normalized spacial score (nSPS) is 14.8. The lowest BCUT2D eigenvalue weighted by Crippen LogP contribution is -2.42. The highest BCUT2D eigenvalue weighted by molar-refractivity contribution is 6.04. The number of aryl methyl sites for hydroxylation is 1. The van der Waals surface area contributed by atoms with Crippen LogP contribution in [0.4, 0.5) is 0 Å². The Balaban J connectivity index is 1.28. The summed E-state index contributed by atoms with van der Waals surface area (Å²) < 4.78 is 9.88. The number of hydrogen-bond donors (Lipinski definition) is 1. The maximum absolute atomic E-state index is 13.1. The van der Waals surface area contributed by atoms with Crippen molar-refractivity contribution in [3.63, 3.8) is 0 Å².